The summed E-state index contributed by atoms with van der Waals surface area (Å²) < 4.78 is 0. The van der Waals surface area contributed by atoms with E-state index in [9.17, 15) is 19.2 Å². The van der Waals surface area contributed by atoms with Crippen LogP contribution < -0.4 is 16.4 Å². The minimum Gasteiger partial charge on any atom is -0.346 e. The minimum atomic E-state index is -0.721. The lowest BCUT2D eigenvalue weighted by atomic mass is 9.84. The molecule has 3 rings (SSSR count). The first kappa shape index (κ1) is 42.1. The standard InChI is InChI=1S/C40H64N6O4S/c1-11-26(6)36(45(10)40(50)35(25(4)5)44-38(49)34(41)24(2)3)27(7)22-33(47)46-20-15-18-32(46)28(8)29(9)37(48)43-31(39-42-19-21-51-39)23-30-16-13-12-14-17-30/h12-14,16-17,19,21,24-29,31-32,34-36H,11,15,18,20,22-23,41H2,1-10H3,(H,43,48)(H,44,49)/t26-,27+,28+,29+,31-,32-,34-,35-,36-/m0/s1. The van der Waals surface area contributed by atoms with E-state index in [0.29, 0.717) is 13.0 Å². The largest absolute Gasteiger partial charge is 0.346 e. The van der Waals surface area contributed by atoms with E-state index in [1.807, 2.05) is 70.0 Å². The number of benzene rings is 1. The number of thiazole rings is 1. The van der Waals surface area contributed by atoms with Crippen LogP contribution in [0, 0.1) is 35.5 Å². The van der Waals surface area contributed by atoms with Gasteiger partial charge in [0.05, 0.1) is 12.1 Å². The molecule has 0 aliphatic carbocycles. The zero-order valence-electron chi connectivity index (χ0n) is 32.6. The van der Waals surface area contributed by atoms with E-state index in [0.717, 1.165) is 29.8 Å². The highest BCUT2D eigenvalue weighted by atomic mass is 32.1. The summed E-state index contributed by atoms with van der Waals surface area (Å²) in [5.74, 6) is -1.05. The summed E-state index contributed by atoms with van der Waals surface area (Å²) in [5, 5.41) is 9.00. The fourth-order valence-electron chi connectivity index (χ4n) is 7.49. The molecule has 1 aromatic carbocycles. The number of amides is 4. The molecule has 0 saturated carbocycles. The second kappa shape index (κ2) is 19.5. The first-order valence-corrected chi connectivity index (χ1v) is 19.8. The number of likely N-dealkylation sites (N-methyl/N-ethyl adjacent to an activating group) is 1. The van der Waals surface area contributed by atoms with Gasteiger partial charge in [-0.1, -0.05) is 99.1 Å². The number of likely N-dealkylation sites (tertiary alicyclic amines) is 1. The van der Waals surface area contributed by atoms with Crippen molar-refractivity contribution in [3.05, 3.63) is 52.5 Å². The molecular weight excluding hydrogens is 661 g/mol. The van der Waals surface area contributed by atoms with Gasteiger partial charge in [0.15, 0.2) is 0 Å². The third kappa shape index (κ3) is 11.1. The minimum absolute atomic E-state index is 0.0376. The highest BCUT2D eigenvalue weighted by Crippen LogP contribution is 2.33. The number of hydrogen-bond acceptors (Lipinski definition) is 7. The second-order valence-electron chi connectivity index (χ2n) is 15.6. The van der Waals surface area contributed by atoms with Crippen molar-refractivity contribution in [2.24, 2.45) is 41.2 Å². The molecule has 0 unspecified atom stereocenters. The molecule has 10 nitrogen and oxygen atoms in total. The average Bonchev–Trinajstić information content (AvgIpc) is 3.82. The van der Waals surface area contributed by atoms with Crippen LogP contribution >= 0.6 is 11.3 Å². The Labute approximate surface area is 310 Å². The zero-order chi connectivity index (χ0) is 38.0. The van der Waals surface area contributed by atoms with E-state index in [1.54, 1.807) is 18.1 Å². The van der Waals surface area contributed by atoms with Gasteiger partial charge in [-0.15, -0.1) is 11.3 Å². The van der Waals surface area contributed by atoms with Gasteiger partial charge in [-0.05, 0) is 54.4 Å². The van der Waals surface area contributed by atoms with E-state index < -0.39 is 12.1 Å². The van der Waals surface area contributed by atoms with Crippen molar-refractivity contribution in [1.29, 1.82) is 0 Å². The first-order valence-electron chi connectivity index (χ1n) is 18.9. The molecule has 4 N–H and O–H groups in total. The monoisotopic (exact) mass is 724 g/mol. The first-order chi connectivity index (χ1) is 24.1. The Morgan fingerprint density at radius 3 is 2.20 bits per heavy atom. The van der Waals surface area contributed by atoms with E-state index >= 15 is 0 Å². The van der Waals surface area contributed by atoms with Crippen LogP contribution in [0.25, 0.3) is 0 Å². The molecule has 1 saturated heterocycles. The van der Waals surface area contributed by atoms with Gasteiger partial charge in [-0.2, -0.15) is 0 Å². The highest BCUT2D eigenvalue weighted by Gasteiger charge is 2.40. The molecule has 1 aliphatic rings. The van der Waals surface area contributed by atoms with Gasteiger partial charge in [-0.3, -0.25) is 19.2 Å². The van der Waals surface area contributed by atoms with Crippen LogP contribution in [-0.2, 0) is 25.6 Å². The number of carbonyl (C=O) groups excluding carboxylic acids is 4. The summed E-state index contributed by atoms with van der Waals surface area (Å²) in [4.78, 5) is 63.0. The SMILES string of the molecule is CC[C@H](C)[C@@H]([C@H](C)CC(=O)N1CCC[C@H]1[C@H](C)[C@@H](C)C(=O)N[C@@H](Cc1ccccc1)c1nccs1)N(C)C(=O)[C@@H](NC(=O)[C@@H](N)C(C)C)C(C)C. The van der Waals surface area contributed by atoms with Crippen molar-refractivity contribution in [3.63, 3.8) is 0 Å². The van der Waals surface area contributed by atoms with Gasteiger partial charge >= 0.3 is 0 Å². The molecule has 51 heavy (non-hydrogen) atoms. The molecule has 2 aromatic rings. The summed E-state index contributed by atoms with van der Waals surface area (Å²) in [7, 11) is 1.79. The van der Waals surface area contributed by atoms with Crippen molar-refractivity contribution in [3.8, 4) is 0 Å². The Morgan fingerprint density at radius 1 is 0.961 bits per heavy atom. The van der Waals surface area contributed by atoms with Gasteiger partial charge in [0.2, 0.25) is 23.6 Å². The number of carbonyl (C=O) groups is 4. The Morgan fingerprint density at radius 2 is 1.63 bits per heavy atom. The number of hydrogen-bond donors (Lipinski definition) is 3. The van der Waals surface area contributed by atoms with Crippen molar-refractivity contribution in [2.45, 2.75) is 125 Å². The molecule has 2 heterocycles. The fraction of sp³-hybridized carbons (Fsp3) is 0.675. The van der Waals surface area contributed by atoms with E-state index in [1.165, 1.54) is 11.3 Å². The maximum absolute atomic E-state index is 14.1. The van der Waals surface area contributed by atoms with Crippen LogP contribution in [0.5, 0.6) is 0 Å². The normalized spacial score (nSPS) is 19.5. The number of rotatable bonds is 18. The Kier molecular flexibility index (Phi) is 16.1. The second-order valence-corrected chi connectivity index (χ2v) is 16.5. The maximum Gasteiger partial charge on any atom is 0.245 e. The third-order valence-electron chi connectivity index (χ3n) is 11.1. The molecule has 0 radical (unpaired) electrons. The molecule has 9 atom stereocenters. The molecule has 1 aliphatic heterocycles. The summed E-state index contributed by atoms with van der Waals surface area (Å²) in [6.45, 7) is 18.6. The van der Waals surface area contributed by atoms with Crippen molar-refractivity contribution in [2.75, 3.05) is 13.6 Å². The van der Waals surface area contributed by atoms with Crippen molar-refractivity contribution in [1.82, 2.24) is 25.4 Å². The van der Waals surface area contributed by atoms with Gasteiger partial charge < -0.3 is 26.2 Å². The van der Waals surface area contributed by atoms with E-state index in [-0.39, 0.29) is 83.7 Å². The fourth-order valence-corrected chi connectivity index (χ4v) is 8.18. The molecular formula is C40H64N6O4S. The maximum atomic E-state index is 14.1. The predicted molar refractivity (Wildman–Crippen MR) is 206 cm³/mol. The lowest BCUT2D eigenvalue weighted by molar-refractivity contribution is -0.142. The van der Waals surface area contributed by atoms with Crippen LogP contribution in [0.2, 0.25) is 0 Å². The molecule has 0 bridgehead atoms. The van der Waals surface area contributed by atoms with Crippen LogP contribution in [-0.4, -0.2) is 76.2 Å². The summed E-state index contributed by atoms with van der Waals surface area (Å²) in [6, 6.07) is 8.19. The number of nitrogens with two attached hydrogens (primary N) is 1. The number of nitrogens with zero attached hydrogens (tertiary/aromatic N) is 3. The summed E-state index contributed by atoms with van der Waals surface area (Å²) in [6.07, 6.45) is 5.28. The van der Waals surface area contributed by atoms with Crippen LogP contribution in [0.1, 0.15) is 105 Å². The van der Waals surface area contributed by atoms with Crippen molar-refractivity contribution < 1.29 is 19.2 Å². The predicted octanol–water partition coefficient (Wildman–Crippen LogP) is 5.83. The molecule has 4 amide bonds. The average molecular weight is 725 g/mol. The Bertz CT molecular complexity index is 1400. The topological polar surface area (TPSA) is 138 Å². The zero-order valence-corrected chi connectivity index (χ0v) is 33.4. The van der Waals surface area contributed by atoms with Gasteiger partial charge in [0.1, 0.15) is 11.0 Å². The molecule has 284 valence electrons. The van der Waals surface area contributed by atoms with Crippen LogP contribution in [0.15, 0.2) is 41.9 Å². The lowest BCUT2D eigenvalue weighted by Gasteiger charge is -2.40. The number of nitrogens with one attached hydrogen (secondary N) is 2. The van der Waals surface area contributed by atoms with E-state index in [2.05, 4.69) is 48.5 Å². The van der Waals surface area contributed by atoms with Crippen molar-refractivity contribution >= 4 is 35.0 Å². The third-order valence-corrected chi connectivity index (χ3v) is 12.0. The molecule has 11 heteroatoms. The van der Waals surface area contributed by atoms with Crippen LogP contribution in [0.4, 0.5) is 0 Å². The van der Waals surface area contributed by atoms with Crippen LogP contribution in [0.3, 0.4) is 0 Å². The molecule has 1 aromatic heterocycles. The van der Waals surface area contributed by atoms with E-state index in [4.69, 9.17) is 5.73 Å². The van der Waals surface area contributed by atoms with Gasteiger partial charge in [0.25, 0.3) is 0 Å². The highest BCUT2D eigenvalue weighted by molar-refractivity contribution is 7.09. The summed E-state index contributed by atoms with van der Waals surface area (Å²) in [5.41, 5.74) is 7.24. The molecule has 0 spiro atoms. The quantitative estimate of drug-likeness (QED) is 0.177. The summed E-state index contributed by atoms with van der Waals surface area (Å²) >= 11 is 1.54. The Hall–Kier alpha value is -3.31. The van der Waals surface area contributed by atoms with Gasteiger partial charge in [-0.25, -0.2) is 4.98 Å². The van der Waals surface area contributed by atoms with Gasteiger partial charge in [0, 0.05) is 49.6 Å². The lowest BCUT2D eigenvalue weighted by Crippen LogP contribution is -2.58. The Balaban J connectivity index is 1.71. The smallest absolute Gasteiger partial charge is 0.245 e. The number of aromatic nitrogens is 1. The molecule has 1 fully saturated rings.